The molecule has 4 nitrogen and oxygen atoms in total. The Labute approximate surface area is 84.3 Å². The van der Waals surface area contributed by atoms with Gasteiger partial charge in [-0.25, -0.2) is 0 Å². The van der Waals surface area contributed by atoms with Gasteiger partial charge in [0.15, 0.2) is 5.82 Å². The zero-order valence-corrected chi connectivity index (χ0v) is 9.03. The number of aryl methyl sites for hydroxylation is 1. The van der Waals surface area contributed by atoms with Crippen LogP contribution in [0, 0.1) is 12.8 Å². The Morgan fingerprint density at radius 1 is 1.57 bits per heavy atom. The summed E-state index contributed by atoms with van der Waals surface area (Å²) in [5, 5.41) is 3.78. The Hall–Kier alpha value is -0.900. The summed E-state index contributed by atoms with van der Waals surface area (Å²) in [4.78, 5) is 6.48. The van der Waals surface area contributed by atoms with E-state index in [9.17, 15) is 0 Å². The van der Waals surface area contributed by atoms with E-state index in [0.717, 1.165) is 18.4 Å². The lowest BCUT2D eigenvalue weighted by Crippen LogP contribution is -2.30. The second kappa shape index (κ2) is 3.69. The topological polar surface area (TPSA) is 42.2 Å². The van der Waals surface area contributed by atoms with Crippen LogP contribution in [0.25, 0.3) is 0 Å². The molecule has 4 heteroatoms. The summed E-state index contributed by atoms with van der Waals surface area (Å²) in [6.45, 7) is 4.87. The smallest absolute Gasteiger partial charge is 0.240 e. The van der Waals surface area contributed by atoms with E-state index in [0.29, 0.717) is 11.9 Å². The number of rotatable bonds is 4. The third kappa shape index (κ3) is 2.12. The maximum atomic E-state index is 5.08. The van der Waals surface area contributed by atoms with Crippen molar-refractivity contribution in [1.82, 2.24) is 15.0 Å². The highest BCUT2D eigenvalue weighted by molar-refractivity contribution is 4.87. The Bertz CT molecular complexity index is 306. The fourth-order valence-electron chi connectivity index (χ4n) is 1.70. The second-order valence-corrected chi connectivity index (χ2v) is 4.23. The van der Waals surface area contributed by atoms with Crippen LogP contribution >= 0.6 is 0 Å². The van der Waals surface area contributed by atoms with Gasteiger partial charge in [0.05, 0.1) is 6.54 Å². The number of hydrogen-bond acceptors (Lipinski definition) is 4. The zero-order chi connectivity index (χ0) is 10.1. The first-order valence-corrected chi connectivity index (χ1v) is 5.16. The number of aromatic nitrogens is 2. The minimum Gasteiger partial charge on any atom is -0.338 e. The van der Waals surface area contributed by atoms with Gasteiger partial charge in [0.25, 0.3) is 0 Å². The van der Waals surface area contributed by atoms with Gasteiger partial charge in [0.2, 0.25) is 5.89 Å². The van der Waals surface area contributed by atoms with Crippen molar-refractivity contribution in [2.75, 3.05) is 7.05 Å². The summed E-state index contributed by atoms with van der Waals surface area (Å²) in [7, 11) is 2.11. The van der Waals surface area contributed by atoms with Crippen LogP contribution in [-0.2, 0) is 6.54 Å². The molecule has 1 saturated carbocycles. The molecule has 2 rings (SSSR count). The van der Waals surface area contributed by atoms with Gasteiger partial charge in [0, 0.05) is 6.04 Å². The molecule has 0 unspecified atom stereocenters. The van der Waals surface area contributed by atoms with Crippen LogP contribution in [0.5, 0.6) is 0 Å². The zero-order valence-electron chi connectivity index (χ0n) is 9.03. The molecular formula is C10H17N3O. The first-order valence-electron chi connectivity index (χ1n) is 5.16. The predicted octanol–water partition coefficient (Wildman–Crippen LogP) is 1.61. The lowest BCUT2D eigenvalue weighted by molar-refractivity contribution is 0.197. The second-order valence-electron chi connectivity index (χ2n) is 4.23. The van der Waals surface area contributed by atoms with E-state index >= 15 is 0 Å². The molecule has 0 spiro atoms. The highest BCUT2D eigenvalue weighted by atomic mass is 16.5. The summed E-state index contributed by atoms with van der Waals surface area (Å²) in [5.74, 6) is 2.31. The van der Waals surface area contributed by atoms with E-state index < -0.39 is 0 Å². The lowest BCUT2D eigenvalue weighted by atomic mass is 10.2. The molecule has 78 valence electrons. The molecule has 0 bridgehead atoms. The summed E-state index contributed by atoms with van der Waals surface area (Å²) in [6, 6.07) is 0.627. The molecule has 0 N–H and O–H groups in total. The molecule has 1 aliphatic rings. The van der Waals surface area contributed by atoms with Gasteiger partial charge in [-0.1, -0.05) is 5.16 Å². The van der Waals surface area contributed by atoms with Gasteiger partial charge < -0.3 is 4.52 Å². The summed E-state index contributed by atoms with van der Waals surface area (Å²) < 4.78 is 5.08. The van der Waals surface area contributed by atoms with Gasteiger partial charge >= 0.3 is 0 Å². The largest absolute Gasteiger partial charge is 0.338 e. The van der Waals surface area contributed by atoms with E-state index in [-0.39, 0.29) is 0 Å². The molecular weight excluding hydrogens is 178 g/mol. The molecule has 0 aromatic carbocycles. The molecule has 1 fully saturated rings. The van der Waals surface area contributed by atoms with Crippen molar-refractivity contribution >= 4 is 0 Å². The van der Waals surface area contributed by atoms with Crippen LogP contribution in [0.1, 0.15) is 31.5 Å². The predicted molar refractivity (Wildman–Crippen MR) is 52.7 cm³/mol. The molecule has 1 aromatic heterocycles. The Kier molecular flexibility index (Phi) is 2.54. The van der Waals surface area contributed by atoms with E-state index in [4.69, 9.17) is 4.52 Å². The van der Waals surface area contributed by atoms with Crippen LogP contribution in [0.15, 0.2) is 4.52 Å². The summed E-state index contributed by atoms with van der Waals surface area (Å²) >= 11 is 0. The van der Waals surface area contributed by atoms with Crippen LogP contribution in [0.4, 0.5) is 0 Å². The van der Waals surface area contributed by atoms with Gasteiger partial charge in [0.1, 0.15) is 0 Å². The Morgan fingerprint density at radius 3 is 2.79 bits per heavy atom. The number of hydrogen-bond donors (Lipinski definition) is 0. The van der Waals surface area contributed by atoms with Crippen LogP contribution in [0.3, 0.4) is 0 Å². The van der Waals surface area contributed by atoms with E-state index in [1.165, 1.54) is 12.8 Å². The summed E-state index contributed by atoms with van der Waals surface area (Å²) in [6.07, 6.45) is 2.74. The molecule has 0 aliphatic heterocycles. The average molecular weight is 195 g/mol. The first kappa shape index (κ1) is 9.65. The van der Waals surface area contributed by atoms with Crippen molar-refractivity contribution in [2.24, 2.45) is 5.92 Å². The molecule has 1 aromatic rings. The molecule has 0 saturated heterocycles. The molecule has 1 heterocycles. The van der Waals surface area contributed by atoms with Crippen LogP contribution in [-0.4, -0.2) is 28.1 Å². The van der Waals surface area contributed by atoms with Crippen molar-refractivity contribution < 1.29 is 4.52 Å². The molecule has 1 atom stereocenters. The number of nitrogens with zero attached hydrogens (tertiary/aromatic N) is 3. The van der Waals surface area contributed by atoms with E-state index in [1.54, 1.807) is 0 Å². The Balaban J connectivity index is 1.89. The first-order chi connectivity index (χ1) is 6.66. The van der Waals surface area contributed by atoms with Crippen molar-refractivity contribution in [3.63, 3.8) is 0 Å². The standard InChI is InChI=1S/C10H17N3O/c1-7(9-4-5-9)13(3)6-10-11-8(2)12-14-10/h7,9H,4-6H2,1-3H3/t7-/m0/s1. The van der Waals surface area contributed by atoms with E-state index in [1.807, 2.05) is 6.92 Å². The fraction of sp³-hybridized carbons (Fsp3) is 0.800. The van der Waals surface area contributed by atoms with Crippen molar-refractivity contribution in [2.45, 2.75) is 39.3 Å². The lowest BCUT2D eigenvalue weighted by Gasteiger charge is -2.22. The molecule has 1 aliphatic carbocycles. The van der Waals surface area contributed by atoms with E-state index in [2.05, 4.69) is 29.0 Å². The third-order valence-electron chi connectivity index (χ3n) is 2.95. The van der Waals surface area contributed by atoms with Gasteiger partial charge in [-0.05, 0) is 39.7 Å². The van der Waals surface area contributed by atoms with Crippen LogP contribution in [0.2, 0.25) is 0 Å². The van der Waals surface area contributed by atoms with Gasteiger partial charge in [-0.3, -0.25) is 4.90 Å². The minimum atomic E-state index is 0.627. The molecule has 14 heavy (non-hydrogen) atoms. The third-order valence-corrected chi connectivity index (χ3v) is 2.95. The SMILES string of the molecule is Cc1noc(CN(C)[C@@H](C)C2CC2)n1. The van der Waals surface area contributed by atoms with Crippen molar-refractivity contribution in [3.05, 3.63) is 11.7 Å². The Morgan fingerprint density at radius 2 is 2.29 bits per heavy atom. The quantitative estimate of drug-likeness (QED) is 0.732. The maximum Gasteiger partial charge on any atom is 0.240 e. The van der Waals surface area contributed by atoms with Crippen LogP contribution < -0.4 is 0 Å². The highest BCUT2D eigenvalue weighted by Crippen LogP contribution is 2.34. The fourth-order valence-corrected chi connectivity index (χ4v) is 1.70. The highest BCUT2D eigenvalue weighted by Gasteiger charge is 2.30. The molecule has 0 radical (unpaired) electrons. The van der Waals surface area contributed by atoms with Crippen molar-refractivity contribution in [1.29, 1.82) is 0 Å². The maximum absolute atomic E-state index is 5.08. The molecule has 0 amide bonds. The van der Waals surface area contributed by atoms with Gasteiger partial charge in [-0.2, -0.15) is 4.98 Å². The summed E-state index contributed by atoms with van der Waals surface area (Å²) in [5.41, 5.74) is 0. The van der Waals surface area contributed by atoms with Gasteiger partial charge in [-0.15, -0.1) is 0 Å². The average Bonchev–Trinajstić information content (AvgIpc) is 2.91. The monoisotopic (exact) mass is 195 g/mol. The van der Waals surface area contributed by atoms with Crippen molar-refractivity contribution in [3.8, 4) is 0 Å². The normalized spacial score (nSPS) is 18.9. The minimum absolute atomic E-state index is 0.627.